The third kappa shape index (κ3) is 4.05. The summed E-state index contributed by atoms with van der Waals surface area (Å²) in [5, 5.41) is 0. The second-order valence-electron chi connectivity index (χ2n) is 5.57. The fraction of sp³-hybridized carbons (Fsp3) is 0.200. The SMILES string of the molecule is Cc1ccc(NS(=O)(=O)c2c(F)cc(F)cc2Br)cc1S(=O)(=O)N(C)C. The highest BCUT2D eigenvalue weighted by Gasteiger charge is 2.25. The number of hydrogen-bond acceptors (Lipinski definition) is 4. The van der Waals surface area contributed by atoms with Gasteiger partial charge in [0.25, 0.3) is 10.0 Å². The van der Waals surface area contributed by atoms with Crippen LogP contribution >= 0.6 is 15.9 Å². The summed E-state index contributed by atoms with van der Waals surface area (Å²) in [6.45, 7) is 1.56. The molecule has 0 atom stereocenters. The number of rotatable bonds is 5. The van der Waals surface area contributed by atoms with Crippen LogP contribution in [0.25, 0.3) is 0 Å². The zero-order valence-corrected chi connectivity index (χ0v) is 17.1. The third-order valence-corrected chi connectivity index (χ3v) is 7.73. The fourth-order valence-electron chi connectivity index (χ4n) is 2.13. The number of hydrogen-bond donors (Lipinski definition) is 1. The highest BCUT2D eigenvalue weighted by molar-refractivity contribution is 9.10. The lowest BCUT2D eigenvalue weighted by Gasteiger charge is -2.16. The van der Waals surface area contributed by atoms with Crippen molar-refractivity contribution in [2.24, 2.45) is 0 Å². The number of sulfonamides is 2. The van der Waals surface area contributed by atoms with E-state index in [1.54, 1.807) is 6.92 Å². The average molecular weight is 469 g/mol. The maximum Gasteiger partial charge on any atom is 0.265 e. The highest BCUT2D eigenvalue weighted by atomic mass is 79.9. The van der Waals surface area contributed by atoms with Gasteiger partial charge >= 0.3 is 0 Å². The van der Waals surface area contributed by atoms with Gasteiger partial charge in [0.15, 0.2) is 0 Å². The molecule has 6 nitrogen and oxygen atoms in total. The molecule has 0 radical (unpaired) electrons. The molecule has 2 aromatic carbocycles. The standard InChI is InChI=1S/C15H15BrF2N2O4S2/c1-9-4-5-11(8-14(9)26(23,24)20(2)3)19-25(21,22)15-12(16)6-10(17)7-13(15)18/h4-8,19H,1-3H3. The van der Waals surface area contributed by atoms with Gasteiger partial charge in [-0.05, 0) is 46.6 Å². The van der Waals surface area contributed by atoms with E-state index in [1.807, 2.05) is 0 Å². The molecule has 0 aliphatic rings. The summed E-state index contributed by atoms with van der Waals surface area (Å²) >= 11 is 2.82. The van der Waals surface area contributed by atoms with Crippen LogP contribution in [-0.4, -0.2) is 35.2 Å². The van der Waals surface area contributed by atoms with E-state index < -0.39 is 36.6 Å². The molecule has 2 rings (SSSR count). The number of nitrogens with zero attached hydrogens (tertiary/aromatic N) is 1. The van der Waals surface area contributed by atoms with Gasteiger partial charge < -0.3 is 0 Å². The summed E-state index contributed by atoms with van der Waals surface area (Å²) < 4.78 is 79.5. The lowest BCUT2D eigenvalue weighted by atomic mass is 10.2. The van der Waals surface area contributed by atoms with Crippen molar-refractivity contribution in [1.82, 2.24) is 4.31 Å². The molecule has 11 heteroatoms. The Kier molecular flexibility index (Phi) is 5.76. The first-order valence-electron chi connectivity index (χ1n) is 7.07. The average Bonchev–Trinajstić information content (AvgIpc) is 2.47. The largest absolute Gasteiger partial charge is 0.279 e. The summed E-state index contributed by atoms with van der Waals surface area (Å²) in [5.74, 6) is -2.22. The van der Waals surface area contributed by atoms with Crippen molar-refractivity contribution in [3.8, 4) is 0 Å². The van der Waals surface area contributed by atoms with E-state index in [9.17, 15) is 25.6 Å². The van der Waals surface area contributed by atoms with Gasteiger partial charge in [-0.25, -0.2) is 29.9 Å². The molecule has 0 saturated heterocycles. The molecule has 0 heterocycles. The topological polar surface area (TPSA) is 83.5 Å². The molecule has 0 spiro atoms. The fourth-order valence-corrected chi connectivity index (χ4v) is 5.49. The molecule has 26 heavy (non-hydrogen) atoms. The number of halogens is 3. The van der Waals surface area contributed by atoms with Crippen molar-refractivity contribution in [3.05, 3.63) is 52.0 Å². The molecule has 0 aliphatic carbocycles. The Balaban J connectivity index is 2.53. The molecule has 0 bridgehead atoms. The van der Waals surface area contributed by atoms with Crippen molar-refractivity contribution < 1.29 is 25.6 Å². The van der Waals surface area contributed by atoms with E-state index in [4.69, 9.17) is 0 Å². The third-order valence-electron chi connectivity index (χ3n) is 3.43. The van der Waals surface area contributed by atoms with Crippen molar-refractivity contribution >= 4 is 41.7 Å². The Morgan fingerprint density at radius 2 is 1.65 bits per heavy atom. The summed E-state index contributed by atoms with van der Waals surface area (Å²) in [6, 6.07) is 5.16. The smallest absolute Gasteiger partial charge is 0.265 e. The first kappa shape index (κ1) is 20.7. The molecule has 0 unspecified atom stereocenters. The first-order chi connectivity index (χ1) is 11.9. The van der Waals surface area contributed by atoms with Gasteiger partial charge in [-0.1, -0.05) is 6.07 Å². The summed E-state index contributed by atoms with van der Waals surface area (Å²) in [4.78, 5) is -0.877. The number of aryl methyl sites for hydroxylation is 1. The van der Waals surface area contributed by atoms with Crippen LogP contribution in [0.1, 0.15) is 5.56 Å². The van der Waals surface area contributed by atoms with Crippen molar-refractivity contribution in [1.29, 1.82) is 0 Å². The van der Waals surface area contributed by atoms with Crippen LogP contribution < -0.4 is 4.72 Å². The van der Waals surface area contributed by atoms with E-state index in [0.717, 1.165) is 16.4 Å². The molecule has 0 fully saturated rings. The second-order valence-corrected chi connectivity index (χ2v) is 10.2. The van der Waals surface area contributed by atoms with Crippen LogP contribution in [0.3, 0.4) is 0 Å². The summed E-state index contributed by atoms with van der Waals surface area (Å²) in [7, 11) is -5.55. The lowest BCUT2D eigenvalue weighted by Crippen LogP contribution is -2.23. The van der Waals surface area contributed by atoms with Gasteiger partial charge in [-0.2, -0.15) is 0 Å². The van der Waals surface area contributed by atoms with Gasteiger partial charge in [0.2, 0.25) is 10.0 Å². The molecular formula is C15H15BrF2N2O4S2. The monoisotopic (exact) mass is 468 g/mol. The summed E-state index contributed by atoms with van der Waals surface area (Å²) in [6.07, 6.45) is 0. The Labute approximate surface area is 159 Å². The zero-order chi connectivity index (χ0) is 19.9. The zero-order valence-electron chi connectivity index (χ0n) is 13.9. The van der Waals surface area contributed by atoms with Gasteiger partial charge in [0, 0.05) is 24.6 Å². The van der Waals surface area contributed by atoms with Crippen LogP contribution in [0.15, 0.2) is 44.6 Å². The lowest BCUT2D eigenvalue weighted by molar-refractivity contribution is 0.520. The normalized spacial score (nSPS) is 12.4. The summed E-state index contributed by atoms with van der Waals surface area (Å²) in [5.41, 5.74) is 0.336. The van der Waals surface area contributed by atoms with Gasteiger partial charge in [0.05, 0.1) is 10.6 Å². The van der Waals surface area contributed by atoms with Gasteiger partial charge in [-0.3, -0.25) is 4.72 Å². The van der Waals surface area contributed by atoms with E-state index in [1.165, 1.54) is 26.2 Å². The molecule has 2 aromatic rings. The predicted octanol–water partition coefficient (Wildman–Crippen LogP) is 3.09. The minimum Gasteiger partial charge on any atom is -0.279 e. The first-order valence-corrected chi connectivity index (χ1v) is 10.8. The Bertz CT molecular complexity index is 1050. The van der Waals surface area contributed by atoms with Crippen LogP contribution in [0, 0.1) is 18.6 Å². The Hall–Kier alpha value is -1.56. The molecule has 0 aliphatic heterocycles. The number of nitrogens with one attached hydrogen (secondary N) is 1. The van der Waals surface area contributed by atoms with Crippen LogP contribution in [0.5, 0.6) is 0 Å². The van der Waals surface area contributed by atoms with Crippen molar-refractivity contribution in [3.63, 3.8) is 0 Å². The van der Waals surface area contributed by atoms with E-state index in [-0.39, 0.29) is 15.1 Å². The van der Waals surface area contributed by atoms with Gasteiger partial charge in [-0.15, -0.1) is 0 Å². The van der Waals surface area contributed by atoms with E-state index >= 15 is 0 Å². The quantitative estimate of drug-likeness (QED) is 0.730. The van der Waals surface area contributed by atoms with E-state index in [0.29, 0.717) is 11.6 Å². The molecule has 0 saturated carbocycles. The van der Waals surface area contributed by atoms with Crippen LogP contribution in [0.4, 0.5) is 14.5 Å². The molecule has 0 aromatic heterocycles. The van der Waals surface area contributed by atoms with Crippen LogP contribution in [-0.2, 0) is 20.0 Å². The Morgan fingerprint density at radius 3 is 2.19 bits per heavy atom. The van der Waals surface area contributed by atoms with E-state index in [2.05, 4.69) is 20.7 Å². The van der Waals surface area contributed by atoms with Crippen molar-refractivity contribution in [2.45, 2.75) is 16.7 Å². The minimum atomic E-state index is -4.43. The Morgan fingerprint density at radius 1 is 1.04 bits per heavy atom. The second kappa shape index (κ2) is 7.22. The molecular weight excluding hydrogens is 454 g/mol. The van der Waals surface area contributed by atoms with Crippen LogP contribution in [0.2, 0.25) is 0 Å². The maximum atomic E-state index is 14.0. The number of anilines is 1. The number of benzene rings is 2. The van der Waals surface area contributed by atoms with Crippen molar-refractivity contribution in [2.75, 3.05) is 18.8 Å². The molecule has 0 amide bonds. The van der Waals surface area contributed by atoms with Gasteiger partial charge in [0.1, 0.15) is 16.5 Å². The molecule has 142 valence electrons. The maximum absolute atomic E-state index is 14.0. The minimum absolute atomic E-state index is 0.0772. The predicted molar refractivity (Wildman–Crippen MR) is 96.9 cm³/mol. The molecule has 1 N–H and O–H groups in total. The highest BCUT2D eigenvalue weighted by Crippen LogP contribution is 2.29.